The Balaban J connectivity index is 2.86. The summed E-state index contributed by atoms with van der Waals surface area (Å²) in [5, 5.41) is -0.280. The van der Waals surface area contributed by atoms with Gasteiger partial charge in [-0.15, -0.1) is 0 Å². The molecule has 1 rings (SSSR count). The van der Waals surface area contributed by atoms with Crippen LogP contribution in [0.3, 0.4) is 0 Å². The van der Waals surface area contributed by atoms with Crippen LogP contribution >= 0.6 is 11.6 Å². The van der Waals surface area contributed by atoms with Crippen LogP contribution in [0.5, 0.6) is 5.75 Å². The van der Waals surface area contributed by atoms with E-state index in [4.69, 9.17) is 16.0 Å². The standard InChI is InChI=1S/C13H19ClO2Si/c1-13(2,3)17(4,5)16-11-8-6-10(7-9-11)12(14)15/h6-9H,1-5H3. The van der Waals surface area contributed by atoms with E-state index in [0.717, 1.165) is 5.75 Å². The van der Waals surface area contributed by atoms with Gasteiger partial charge in [0.15, 0.2) is 0 Å². The van der Waals surface area contributed by atoms with Gasteiger partial charge in [0.05, 0.1) is 0 Å². The van der Waals surface area contributed by atoms with Crippen molar-refractivity contribution >= 4 is 25.2 Å². The molecule has 0 radical (unpaired) electrons. The number of hydrogen-bond acceptors (Lipinski definition) is 2. The van der Waals surface area contributed by atoms with E-state index in [1.54, 1.807) is 24.3 Å². The van der Waals surface area contributed by atoms with Gasteiger partial charge in [-0.05, 0) is 54.0 Å². The lowest BCUT2D eigenvalue weighted by Crippen LogP contribution is -2.43. The van der Waals surface area contributed by atoms with Gasteiger partial charge in [-0.1, -0.05) is 20.8 Å². The van der Waals surface area contributed by atoms with Gasteiger partial charge in [0, 0.05) is 5.56 Å². The molecule has 1 aromatic rings. The molecule has 94 valence electrons. The van der Waals surface area contributed by atoms with E-state index in [1.807, 2.05) is 0 Å². The Bertz CT molecular complexity index is 404. The van der Waals surface area contributed by atoms with Crippen molar-refractivity contribution in [1.29, 1.82) is 0 Å². The SMILES string of the molecule is CC(C)(C)[Si](C)(C)Oc1ccc(C(=O)Cl)cc1. The fourth-order valence-corrected chi connectivity index (χ4v) is 2.26. The first-order valence-electron chi connectivity index (χ1n) is 5.62. The van der Waals surface area contributed by atoms with Gasteiger partial charge in [0.2, 0.25) is 8.32 Å². The molecule has 0 aliphatic heterocycles. The summed E-state index contributed by atoms with van der Waals surface area (Å²) in [6, 6.07) is 6.99. The summed E-state index contributed by atoms with van der Waals surface area (Å²) >= 11 is 5.39. The number of benzene rings is 1. The summed E-state index contributed by atoms with van der Waals surface area (Å²) < 4.78 is 6.09. The van der Waals surface area contributed by atoms with Gasteiger partial charge in [0.1, 0.15) is 5.75 Å². The molecule has 4 heteroatoms. The maximum Gasteiger partial charge on any atom is 0.252 e. The molecule has 0 aromatic heterocycles. The molecule has 0 aliphatic carbocycles. The molecule has 2 nitrogen and oxygen atoms in total. The van der Waals surface area contributed by atoms with Crippen LogP contribution in [0.15, 0.2) is 24.3 Å². The summed E-state index contributed by atoms with van der Waals surface area (Å²) in [4.78, 5) is 10.9. The number of hydrogen-bond donors (Lipinski definition) is 0. The van der Waals surface area contributed by atoms with Crippen molar-refractivity contribution in [2.24, 2.45) is 0 Å². The summed E-state index contributed by atoms with van der Waals surface area (Å²) in [7, 11) is -1.81. The molecule has 0 spiro atoms. The molecular formula is C13H19ClO2Si. The van der Waals surface area contributed by atoms with Crippen LogP contribution in [-0.2, 0) is 0 Å². The van der Waals surface area contributed by atoms with Crippen molar-refractivity contribution < 1.29 is 9.22 Å². The molecule has 0 unspecified atom stereocenters. The highest BCUT2D eigenvalue weighted by Crippen LogP contribution is 2.37. The second-order valence-electron chi connectivity index (χ2n) is 5.66. The van der Waals surface area contributed by atoms with Crippen molar-refractivity contribution in [3.63, 3.8) is 0 Å². The average molecular weight is 271 g/mol. The second kappa shape index (κ2) is 4.82. The molecule has 0 aliphatic rings. The molecule has 0 saturated carbocycles. The molecule has 0 saturated heterocycles. The molecule has 0 bridgehead atoms. The minimum atomic E-state index is -1.81. The fraction of sp³-hybridized carbons (Fsp3) is 0.462. The molecule has 0 atom stereocenters. The summed E-state index contributed by atoms with van der Waals surface area (Å²) in [5.74, 6) is 0.804. The van der Waals surface area contributed by atoms with Gasteiger partial charge < -0.3 is 4.43 Å². The van der Waals surface area contributed by atoms with Crippen LogP contribution in [0.4, 0.5) is 0 Å². The minimum absolute atomic E-state index is 0.161. The van der Waals surface area contributed by atoms with Gasteiger partial charge in [0.25, 0.3) is 5.24 Å². The number of halogens is 1. The number of rotatable bonds is 3. The van der Waals surface area contributed by atoms with Crippen LogP contribution < -0.4 is 4.43 Å². The fourth-order valence-electron chi connectivity index (χ4n) is 1.10. The zero-order valence-corrected chi connectivity index (χ0v) is 12.8. The lowest BCUT2D eigenvalue weighted by Gasteiger charge is -2.36. The molecule has 17 heavy (non-hydrogen) atoms. The minimum Gasteiger partial charge on any atom is -0.544 e. The first kappa shape index (κ1) is 14.3. The van der Waals surface area contributed by atoms with Crippen LogP contribution in [0.2, 0.25) is 18.1 Å². The predicted molar refractivity (Wildman–Crippen MR) is 74.5 cm³/mol. The molecule has 0 heterocycles. The van der Waals surface area contributed by atoms with Crippen molar-refractivity contribution in [2.75, 3.05) is 0 Å². The van der Waals surface area contributed by atoms with Gasteiger partial charge >= 0.3 is 0 Å². The van der Waals surface area contributed by atoms with E-state index in [2.05, 4.69) is 33.9 Å². The molecule has 0 N–H and O–H groups in total. The molecule has 0 fully saturated rings. The predicted octanol–water partition coefficient (Wildman–Crippen LogP) is 4.45. The molecular weight excluding hydrogens is 252 g/mol. The monoisotopic (exact) mass is 270 g/mol. The summed E-state index contributed by atoms with van der Waals surface area (Å²) in [6.45, 7) is 10.9. The van der Waals surface area contributed by atoms with E-state index in [1.165, 1.54) is 0 Å². The largest absolute Gasteiger partial charge is 0.544 e. The van der Waals surface area contributed by atoms with Crippen LogP contribution in [0, 0.1) is 0 Å². The van der Waals surface area contributed by atoms with E-state index in [9.17, 15) is 4.79 Å². The third kappa shape index (κ3) is 3.58. The highest BCUT2D eigenvalue weighted by atomic mass is 35.5. The zero-order valence-electron chi connectivity index (χ0n) is 11.0. The Hall–Kier alpha value is -0.803. The van der Waals surface area contributed by atoms with Crippen molar-refractivity contribution in [1.82, 2.24) is 0 Å². The van der Waals surface area contributed by atoms with Crippen molar-refractivity contribution in [3.8, 4) is 5.75 Å². The topological polar surface area (TPSA) is 26.3 Å². The molecule has 1 aromatic carbocycles. The van der Waals surface area contributed by atoms with Gasteiger partial charge in [-0.25, -0.2) is 0 Å². The van der Waals surface area contributed by atoms with E-state index in [0.29, 0.717) is 5.56 Å². The smallest absolute Gasteiger partial charge is 0.252 e. The normalized spacial score (nSPS) is 12.4. The Labute approximate surface area is 109 Å². The first-order valence-corrected chi connectivity index (χ1v) is 8.91. The van der Waals surface area contributed by atoms with E-state index in [-0.39, 0.29) is 5.04 Å². The van der Waals surface area contributed by atoms with Gasteiger partial charge in [-0.3, -0.25) is 4.79 Å². The lowest BCUT2D eigenvalue weighted by atomic mass is 10.2. The van der Waals surface area contributed by atoms with Crippen LogP contribution in [-0.4, -0.2) is 13.6 Å². The summed E-state index contributed by atoms with van der Waals surface area (Å²) in [5.41, 5.74) is 0.495. The average Bonchev–Trinajstić information content (AvgIpc) is 2.16. The highest BCUT2D eigenvalue weighted by molar-refractivity contribution is 6.74. The maximum absolute atomic E-state index is 10.9. The first-order chi connectivity index (χ1) is 7.63. The Morgan fingerprint density at radius 2 is 1.65 bits per heavy atom. The van der Waals surface area contributed by atoms with E-state index < -0.39 is 13.6 Å². The van der Waals surface area contributed by atoms with Crippen LogP contribution in [0.1, 0.15) is 31.1 Å². The van der Waals surface area contributed by atoms with Crippen LogP contribution in [0.25, 0.3) is 0 Å². The van der Waals surface area contributed by atoms with Gasteiger partial charge in [-0.2, -0.15) is 0 Å². The highest BCUT2D eigenvalue weighted by Gasteiger charge is 2.38. The maximum atomic E-state index is 10.9. The number of carbonyl (C=O) groups is 1. The Morgan fingerprint density at radius 3 is 2.00 bits per heavy atom. The number of carbonyl (C=O) groups excluding carboxylic acids is 1. The Morgan fingerprint density at radius 1 is 1.18 bits per heavy atom. The Kier molecular flexibility index (Phi) is 4.05. The zero-order chi connectivity index (χ0) is 13.3. The third-order valence-corrected chi connectivity index (χ3v) is 7.84. The molecule has 0 amide bonds. The second-order valence-corrected chi connectivity index (χ2v) is 10.7. The summed E-state index contributed by atoms with van der Waals surface area (Å²) in [6.07, 6.45) is 0. The van der Waals surface area contributed by atoms with Crippen molar-refractivity contribution in [3.05, 3.63) is 29.8 Å². The quantitative estimate of drug-likeness (QED) is 0.599. The third-order valence-electron chi connectivity index (χ3n) is 3.26. The van der Waals surface area contributed by atoms with Crippen molar-refractivity contribution in [2.45, 2.75) is 38.9 Å². The lowest BCUT2D eigenvalue weighted by molar-refractivity contribution is 0.108. The van der Waals surface area contributed by atoms with E-state index >= 15 is 0 Å².